The lowest BCUT2D eigenvalue weighted by Crippen LogP contribution is -2.41. The average Bonchev–Trinajstić information content (AvgIpc) is 2.08. The molecule has 0 spiro atoms. The van der Waals surface area contributed by atoms with Gasteiger partial charge in [0.25, 0.3) is 0 Å². The summed E-state index contributed by atoms with van der Waals surface area (Å²) in [6.45, 7) is -2.08. The maximum absolute atomic E-state index is 11.9. The topological polar surface area (TPSA) is 56.0 Å². The minimum Gasteiger partial charge on any atom is -0.382 e. The third-order valence-corrected chi connectivity index (χ3v) is 1.61. The average molecular weight is 250 g/mol. The molecular formula is C7H8F6N2O. The van der Waals surface area contributed by atoms with Crippen LogP contribution < -0.4 is 5.32 Å². The van der Waals surface area contributed by atoms with Crippen LogP contribution in [0.3, 0.4) is 0 Å². The van der Waals surface area contributed by atoms with Crippen molar-refractivity contribution in [2.24, 2.45) is 5.92 Å². The molecule has 0 heterocycles. The summed E-state index contributed by atoms with van der Waals surface area (Å²) in [6.07, 6.45) is -12.4. The van der Waals surface area contributed by atoms with Gasteiger partial charge in [-0.1, -0.05) is 0 Å². The largest absolute Gasteiger partial charge is 0.415 e. The van der Waals surface area contributed by atoms with Gasteiger partial charge in [0.1, 0.15) is 0 Å². The lowest BCUT2D eigenvalue weighted by atomic mass is 10.1. The van der Waals surface area contributed by atoms with Crippen LogP contribution in [-0.2, 0) is 0 Å². The summed E-state index contributed by atoms with van der Waals surface area (Å²) in [6, 6.07) is 0.904. The smallest absolute Gasteiger partial charge is 0.382 e. The standard InChI is InChI=1S/C7H8F6N2O/c8-6(9,10)4(1-14)2-15-3-5(16)7(11,12)13/h4-5,15-16H,2-3H2. The molecule has 0 saturated heterocycles. The number of nitriles is 1. The van der Waals surface area contributed by atoms with Crippen LogP contribution in [0.15, 0.2) is 0 Å². The molecule has 0 amide bonds. The van der Waals surface area contributed by atoms with Gasteiger partial charge in [-0.05, 0) is 0 Å². The number of hydrogen-bond donors (Lipinski definition) is 2. The van der Waals surface area contributed by atoms with Crippen LogP contribution in [0.4, 0.5) is 26.3 Å². The molecule has 0 aliphatic heterocycles. The van der Waals surface area contributed by atoms with E-state index in [-0.39, 0.29) is 0 Å². The highest BCUT2D eigenvalue weighted by Crippen LogP contribution is 2.25. The van der Waals surface area contributed by atoms with E-state index in [1.165, 1.54) is 0 Å². The number of rotatable bonds is 4. The van der Waals surface area contributed by atoms with E-state index in [1.807, 2.05) is 0 Å². The first-order valence-corrected chi connectivity index (χ1v) is 4.01. The van der Waals surface area contributed by atoms with Crippen molar-refractivity contribution in [2.45, 2.75) is 18.5 Å². The van der Waals surface area contributed by atoms with Gasteiger partial charge in [0, 0.05) is 13.1 Å². The summed E-state index contributed by atoms with van der Waals surface area (Å²) in [5.74, 6) is -2.40. The number of aliphatic hydroxyl groups is 1. The van der Waals surface area contributed by atoms with E-state index >= 15 is 0 Å². The molecule has 0 aromatic rings. The molecule has 0 bridgehead atoms. The fraction of sp³-hybridized carbons (Fsp3) is 0.857. The van der Waals surface area contributed by atoms with E-state index in [1.54, 1.807) is 5.32 Å². The molecule has 9 heteroatoms. The predicted octanol–water partition coefficient (Wildman–Crippen LogP) is 1.20. The number of hydrogen-bond acceptors (Lipinski definition) is 3. The second-order valence-electron chi connectivity index (χ2n) is 2.94. The van der Waals surface area contributed by atoms with Gasteiger partial charge in [0.2, 0.25) is 0 Å². The maximum atomic E-state index is 11.9. The molecule has 0 aromatic carbocycles. The first-order valence-electron chi connectivity index (χ1n) is 4.01. The van der Waals surface area contributed by atoms with Gasteiger partial charge in [-0.25, -0.2) is 0 Å². The van der Waals surface area contributed by atoms with E-state index in [9.17, 15) is 26.3 Å². The van der Waals surface area contributed by atoms with E-state index in [2.05, 4.69) is 0 Å². The third-order valence-electron chi connectivity index (χ3n) is 1.61. The van der Waals surface area contributed by atoms with Crippen molar-refractivity contribution < 1.29 is 31.4 Å². The van der Waals surface area contributed by atoms with Crippen molar-refractivity contribution in [3.63, 3.8) is 0 Å². The fourth-order valence-corrected chi connectivity index (χ4v) is 0.715. The second kappa shape index (κ2) is 5.36. The molecule has 0 aromatic heterocycles. The van der Waals surface area contributed by atoms with Crippen molar-refractivity contribution in [1.29, 1.82) is 5.26 Å². The molecule has 2 unspecified atom stereocenters. The van der Waals surface area contributed by atoms with Crippen molar-refractivity contribution in [2.75, 3.05) is 13.1 Å². The minimum absolute atomic E-state index is 0.904. The molecule has 3 nitrogen and oxygen atoms in total. The van der Waals surface area contributed by atoms with Crippen molar-refractivity contribution in [3.05, 3.63) is 0 Å². The number of halogens is 6. The lowest BCUT2D eigenvalue weighted by Gasteiger charge is -2.17. The van der Waals surface area contributed by atoms with E-state index < -0.39 is 37.5 Å². The molecule has 0 fully saturated rings. The zero-order chi connectivity index (χ0) is 13.0. The minimum atomic E-state index is -4.90. The Morgan fingerprint density at radius 2 is 1.56 bits per heavy atom. The van der Waals surface area contributed by atoms with E-state index in [0.29, 0.717) is 0 Å². The Balaban J connectivity index is 4.04. The molecular weight excluding hydrogens is 242 g/mol. The van der Waals surface area contributed by atoms with E-state index in [4.69, 9.17) is 10.4 Å². The van der Waals surface area contributed by atoms with Crippen LogP contribution >= 0.6 is 0 Å². The lowest BCUT2D eigenvalue weighted by molar-refractivity contribution is -0.202. The highest BCUT2D eigenvalue weighted by molar-refractivity contribution is 4.90. The predicted molar refractivity (Wildman–Crippen MR) is 40.1 cm³/mol. The molecule has 0 aliphatic carbocycles. The summed E-state index contributed by atoms with van der Waals surface area (Å²) in [7, 11) is 0. The first kappa shape index (κ1) is 15.0. The second-order valence-corrected chi connectivity index (χ2v) is 2.94. The summed E-state index contributed by atoms with van der Waals surface area (Å²) < 4.78 is 70.9. The third kappa shape index (κ3) is 5.18. The van der Waals surface area contributed by atoms with Gasteiger partial charge >= 0.3 is 12.4 Å². The molecule has 0 rings (SSSR count). The van der Waals surface area contributed by atoms with Crippen LogP contribution in [0.2, 0.25) is 0 Å². The summed E-state index contributed by atoms with van der Waals surface area (Å²) in [5.41, 5.74) is 0. The highest BCUT2D eigenvalue weighted by Gasteiger charge is 2.41. The Morgan fingerprint density at radius 3 is 1.88 bits per heavy atom. The molecule has 0 saturated carbocycles. The molecule has 0 aliphatic rings. The van der Waals surface area contributed by atoms with Crippen molar-refractivity contribution >= 4 is 0 Å². The Hall–Kier alpha value is -1.01. The van der Waals surface area contributed by atoms with Crippen molar-refractivity contribution in [3.8, 4) is 6.07 Å². The monoisotopic (exact) mass is 250 g/mol. The summed E-state index contributed by atoms with van der Waals surface area (Å²) >= 11 is 0. The molecule has 94 valence electrons. The number of alkyl halides is 6. The van der Waals surface area contributed by atoms with Gasteiger partial charge in [-0.3, -0.25) is 0 Å². The molecule has 2 N–H and O–H groups in total. The maximum Gasteiger partial charge on any atom is 0.415 e. The quantitative estimate of drug-likeness (QED) is 0.737. The fourth-order valence-electron chi connectivity index (χ4n) is 0.715. The van der Waals surface area contributed by atoms with Crippen LogP contribution in [-0.4, -0.2) is 36.7 Å². The van der Waals surface area contributed by atoms with Gasteiger partial charge in [-0.15, -0.1) is 0 Å². The van der Waals surface area contributed by atoms with Crippen LogP contribution in [0.5, 0.6) is 0 Å². The normalized spacial score (nSPS) is 16.6. The number of nitrogens with zero attached hydrogens (tertiary/aromatic N) is 1. The molecule has 16 heavy (non-hydrogen) atoms. The highest BCUT2D eigenvalue weighted by atomic mass is 19.4. The van der Waals surface area contributed by atoms with Crippen molar-refractivity contribution in [1.82, 2.24) is 5.32 Å². The Labute approximate surface area is 86.7 Å². The SMILES string of the molecule is N#CC(CNCC(O)C(F)(F)F)C(F)(F)F. The van der Waals surface area contributed by atoms with Gasteiger partial charge in [-0.2, -0.15) is 31.6 Å². The van der Waals surface area contributed by atoms with Crippen LogP contribution in [0.25, 0.3) is 0 Å². The Bertz CT molecular complexity index is 255. The zero-order valence-electron chi connectivity index (χ0n) is 7.73. The van der Waals surface area contributed by atoms with Gasteiger partial charge in [0.15, 0.2) is 12.0 Å². The zero-order valence-corrected chi connectivity index (χ0v) is 7.73. The molecule has 2 atom stereocenters. The van der Waals surface area contributed by atoms with Crippen LogP contribution in [0.1, 0.15) is 0 Å². The molecule has 0 radical (unpaired) electrons. The Kier molecular flexibility index (Phi) is 5.02. The Morgan fingerprint density at radius 1 is 1.06 bits per heavy atom. The summed E-state index contributed by atoms with van der Waals surface area (Å²) in [5, 5.41) is 18.3. The first-order chi connectivity index (χ1) is 7.09. The van der Waals surface area contributed by atoms with Gasteiger partial charge < -0.3 is 10.4 Å². The summed E-state index contributed by atoms with van der Waals surface area (Å²) in [4.78, 5) is 0. The number of aliphatic hydroxyl groups excluding tert-OH is 1. The van der Waals surface area contributed by atoms with Crippen LogP contribution in [0, 0.1) is 17.2 Å². The van der Waals surface area contributed by atoms with E-state index in [0.717, 1.165) is 6.07 Å². The van der Waals surface area contributed by atoms with Gasteiger partial charge in [0.05, 0.1) is 6.07 Å². The number of nitrogens with one attached hydrogen (secondary N) is 1.